The van der Waals surface area contributed by atoms with Crippen molar-refractivity contribution in [2.45, 2.75) is 32.2 Å². The van der Waals surface area contributed by atoms with Gasteiger partial charge in [-0.2, -0.15) is 0 Å². The zero-order valence-corrected chi connectivity index (χ0v) is 15.2. The second-order valence-electron chi connectivity index (χ2n) is 5.70. The lowest BCUT2D eigenvalue weighted by Crippen LogP contribution is -2.24. The predicted molar refractivity (Wildman–Crippen MR) is 103 cm³/mol. The van der Waals surface area contributed by atoms with Gasteiger partial charge in [-0.1, -0.05) is 25.0 Å². The number of rotatable bonds is 6. The second kappa shape index (κ2) is 8.12. The first-order valence-corrected chi connectivity index (χ1v) is 8.91. The third-order valence-electron chi connectivity index (χ3n) is 3.95. The highest BCUT2D eigenvalue weighted by Gasteiger charge is 2.16. The van der Waals surface area contributed by atoms with Crippen LogP contribution in [0.5, 0.6) is 0 Å². The van der Waals surface area contributed by atoms with Gasteiger partial charge in [-0.15, -0.1) is 18.2 Å². The molecule has 0 unspecified atom stereocenters. The van der Waals surface area contributed by atoms with E-state index in [1.165, 1.54) is 12.1 Å². The molecule has 2 nitrogen and oxygen atoms in total. The van der Waals surface area contributed by atoms with E-state index >= 15 is 0 Å². The molecule has 2 aromatic rings. The first-order valence-electron chi connectivity index (χ1n) is 7.93. The molecule has 2 aromatic carbocycles. The number of halogens is 1. The summed E-state index contributed by atoms with van der Waals surface area (Å²) >= 11 is 1.75. The Bertz CT molecular complexity index is 748. The second-order valence-corrected chi connectivity index (χ2v) is 6.97. The van der Waals surface area contributed by atoms with Gasteiger partial charge in [0.05, 0.1) is 6.54 Å². The fourth-order valence-electron chi connectivity index (χ4n) is 2.69. The van der Waals surface area contributed by atoms with E-state index in [9.17, 15) is 4.39 Å². The van der Waals surface area contributed by atoms with E-state index in [-0.39, 0.29) is 5.82 Å². The molecule has 0 saturated carbocycles. The average Bonchev–Trinajstić information content (AvgIpc) is 2.56. The Kier molecular flexibility index (Phi) is 6.16. The molecule has 0 atom stereocenters. The average molecular weight is 342 g/mol. The molecule has 0 aliphatic heterocycles. The molecule has 0 bridgehead atoms. The number of hydrogen-bond donors (Lipinski definition) is 1. The lowest BCUT2D eigenvalue weighted by molar-refractivity contribution is 0.626. The quantitative estimate of drug-likeness (QED) is 0.465. The zero-order valence-electron chi connectivity index (χ0n) is 14.4. The monoisotopic (exact) mass is 342 g/mol. The molecule has 0 fully saturated rings. The number of benzene rings is 2. The number of nitrogens with two attached hydrogens (primary N) is 1. The van der Waals surface area contributed by atoms with Crippen LogP contribution in [0.15, 0.2) is 35.2 Å². The van der Waals surface area contributed by atoms with Gasteiger partial charge in [-0.25, -0.2) is 4.39 Å². The van der Waals surface area contributed by atoms with Gasteiger partial charge in [0.15, 0.2) is 0 Å². The first kappa shape index (κ1) is 18.2. The SMILES string of the molecule is C#CCN(Cc1ccc(F)cc1)c1cc(C)c(N)c(SCC)c1C. The first-order chi connectivity index (χ1) is 11.5. The van der Waals surface area contributed by atoms with Crippen LogP contribution in [-0.2, 0) is 6.54 Å². The molecule has 2 N–H and O–H groups in total. The van der Waals surface area contributed by atoms with Crippen molar-refractivity contribution >= 4 is 23.1 Å². The standard InChI is InChI=1S/C20H23FN2S/c1-5-11-23(13-16-7-9-17(21)10-8-16)18-12-14(3)19(22)20(15(18)4)24-6-2/h1,7-10,12H,6,11,13,22H2,2-4H3. The van der Waals surface area contributed by atoms with Gasteiger partial charge in [0, 0.05) is 22.8 Å². The van der Waals surface area contributed by atoms with E-state index in [1.807, 2.05) is 6.92 Å². The molecule has 0 amide bonds. The molecule has 0 saturated heterocycles. The Morgan fingerprint density at radius 3 is 2.50 bits per heavy atom. The van der Waals surface area contributed by atoms with Crippen molar-refractivity contribution < 1.29 is 4.39 Å². The fraction of sp³-hybridized carbons (Fsp3) is 0.300. The van der Waals surface area contributed by atoms with Gasteiger partial charge in [0.2, 0.25) is 0 Å². The maximum atomic E-state index is 13.1. The molecule has 0 spiro atoms. The minimum atomic E-state index is -0.233. The van der Waals surface area contributed by atoms with Crippen LogP contribution in [0.1, 0.15) is 23.6 Å². The van der Waals surface area contributed by atoms with E-state index in [0.717, 1.165) is 38.7 Å². The molecule has 126 valence electrons. The summed E-state index contributed by atoms with van der Waals surface area (Å²) in [6.07, 6.45) is 5.58. The molecule has 0 aromatic heterocycles. The van der Waals surface area contributed by atoms with Gasteiger partial charge in [0.1, 0.15) is 5.82 Å². The fourth-order valence-corrected chi connectivity index (χ4v) is 3.62. The minimum Gasteiger partial charge on any atom is -0.398 e. The highest BCUT2D eigenvalue weighted by molar-refractivity contribution is 7.99. The number of thioether (sulfide) groups is 1. The van der Waals surface area contributed by atoms with Gasteiger partial charge in [-0.05, 0) is 54.5 Å². The summed E-state index contributed by atoms with van der Waals surface area (Å²) in [6.45, 7) is 7.33. The van der Waals surface area contributed by atoms with Crippen molar-refractivity contribution in [1.29, 1.82) is 0 Å². The third kappa shape index (κ3) is 4.04. The number of nitrogen functional groups attached to an aromatic ring is 1. The Balaban J connectivity index is 2.43. The van der Waals surface area contributed by atoms with Crippen molar-refractivity contribution in [2.75, 3.05) is 22.9 Å². The van der Waals surface area contributed by atoms with Crippen molar-refractivity contribution in [1.82, 2.24) is 0 Å². The molecule has 0 heterocycles. The van der Waals surface area contributed by atoms with Crippen LogP contribution in [0, 0.1) is 32.0 Å². The van der Waals surface area contributed by atoms with E-state index in [4.69, 9.17) is 12.2 Å². The number of hydrogen-bond acceptors (Lipinski definition) is 3. The van der Waals surface area contributed by atoms with Crippen LogP contribution in [0.3, 0.4) is 0 Å². The highest BCUT2D eigenvalue weighted by atomic mass is 32.2. The number of nitrogens with zero attached hydrogens (tertiary/aromatic N) is 1. The van der Waals surface area contributed by atoms with Crippen LogP contribution < -0.4 is 10.6 Å². The third-order valence-corrected chi connectivity index (χ3v) is 5.05. The number of aryl methyl sites for hydroxylation is 1. The summed E-state index contributed by atoms with van der Waals surface area (Å²) in [5.74, 6) is 3.45. The Morgan fingerprint density at radius 1 is 1.25 bits per heavy atom. The van der Waals surface area contributed by atoms with Crippen molar-refractivity contribution in [3.8, 4) is 12.3 Å². The highest BCUT2D eigenvalue weighted by Crippen LogP contribution is 2.37. The molecular weight excluding hydrogens is 319 g/mol. The summed E-state index contributed by atoms with van der Waals surface area (Å²) in [5, 5.41) is 0. The van der Waals surface area contributed by atoms with Crippen molar-refractivity contribution in [3.63, 3.8) is 0 Å². The van der Waals surface area contributed by atoms with Crippen molar-refractivity contribution in [2.24, 2.45) is 0 Å². The van der Waals surface area contributed by atoms with Crippen LogP contribution in [-0.4, -0.2) is 12.3 Å². The van der Waals surface area contributed by atoms with Crippen LogP contribution in [0.2, 0.25) is 0 Å². The molecular formula is C20H23FN2S. The van der Waals surface area contributed by atoms with Gasteiger partial charge in [0.25, 0.3) is 0 Å². The Morgan fingerprint density at radius 2 is 1.92 bits per heavy atom. The van der Waals surface area contributed by atoms with Crippen LogP contribution in [0.25, 0.3) is 0 Å². The molecule has 2 rings (SSSR count). The summed E-state index contributed by atoms with van der Waals surface area (Å²) in [6, 6.07) is 8.62. The van der Waals surface area contributed by atoms with E-state index in [1.54, 1.807) is 23.9 Å². The lowest BCUT2D eigenvalue weighted by atomic mass is 10.1. The van der Waals surface area contributed by atoms with Gasteiger partial charge < -0.3 is 10.6 Å². The van der Waals surface area contributed by atoms with E-state index < -0.39 is 0 Å². The molecule has 0 aliphatic carbocycles. The van der Waals surface area contributed by atoms with Crippen LogP contribution >= 0.6 is 11.8 Å². The number of terminal acetylenes is 1. The molecule has 0 radical (unpaired) electrons. The maximum absolute atomic E-state index is 13.1. The zero-order chi connectivity index (χ0) is 17.7. The van der Waals surface area contributed by atoms with Gasteiger partial charge in [-0.3, -0.25) is 0 Å². The maximum Gasteiger partial charge on any atom is 0.123 e. The topological polar surface area (TPSA) is 29.3 Å². The van der Waals surface area contributed by atoms with Gasteiger partial charge >= 0.3 is 0 Å². The summed E-state index contributed by atoms with van der Waals surface area (Å²) in [5.41, 5.74) is 11.4. The van der Waals surface area contributed by atoms with E-state index in [2.05, 4.69) is 30.7 Å². The lowest BCUT2D eigenvalue weighted by Gasteiger charge is -2.27. The summed E-state index contributed by atoms with van der Waals surface area (Å²) < 4.78 is 13.1. The normalized spacial score (nSPS) is 10.5. The Labute approximate surface area is 148 Å². The summed E-state index contributed by atoms with van der Waals surface area (Å²) in [4.78, 5) is 3.25. The molecule has 24 heavy (non-hydrogen) atoms. The molecule has 4 heteroatoms. The van der Waals surface area contributed by atoms with Crippen LogP contribution in [0.4, 0.5) is 15.8 Å². The minimum absolute atomic E-state index is 0.233. The predicted octanol–water partition coefficient (Wildman–Crippen LogP) is 4.78. The van der Waals surface area contributed by atoms with Crippen molar-refractivity contribution in [3.05, 3.63) is 52.8 Å². The summed E-state index contributed by atoms with van der Waals surface area (Å²) in [7, 11) is 0. The smallest absolute Gasteiger partial charge is 0.123 e. The molecule has 0 aliphatic rings. The van der Waals surface area contributed by atoms with E-state index in [0.29, 0.717) is 13.1 Å². The largest absolute Gasteiger partial charge is 0.398 e. The number of anilines is 2. The Hall–Kier alpha value is -2.12.